The minimum absolute atomic E-state index is 0.215. The van der Waals surface area contributed by atoms with E-state index in [0.717, 1.165) is 45.4 Å². The summed E-state index contributed by atoms with van der Waals surface area (Å²) in [5, 5.41) is 3.92. The number of rotatable bonds is 4. The van der Waals surface area contributed by atoms with Crippen LogP contribution in [0.1, 0.15) is 37.4 Å². The lowest BCUT2D eigenvalue weighted by molar-refractivity contribution is -0.134. The monoisotopic (exact) mass is 307 g/mol. The van der Waals surface area contributed by atoms with Gasteiger partial charge in [0.1, 0.15) is 0 Å². The molecule has 1 aliphatic carbocycles. The Bertz CT molecular complexity index is 510. The molecule has 0 aromatic carbocycles. The summed E-state index contributed by atoms with van der Waals surface area (Å²) >= 11 is 0. The van der Waals surface area contributed by atoms with E-state index in [1.54, 1.807) is 6.92 Å². The van der Waals surface area contributed by atoms with E-state index in [2.05, 4.69) is 15.0 Å². The maximum absolute atomic E-state index is 12.4. The van der Waals surface area contributed by atoms with Gasteiger partial charge in [-0.1, -0.05) is 11.6 Å². The number of nitrogens with two attached hydrogens (primary N) is 1. The van der Waals surface area contributed by atoms with Crippen molar-refractivity contribution in [2.75, 3.05) is 26.2 Å². The molecule has 2 aliphatic rings. The van der Waals surface area contributed by atoms with Gasteiger partial charge in [-0.05, 0) is 18.8 Å². The Kier molecular flexibility index (Phi) is 4.73. The molecule has 1 saturated heterocycles. The molecule has 0 radical (unpaired) electrons. The topological polar surface area (TPSA) is 88.5 Å². The molecule has 2 N–H and O–H groups in total. The number of carbonyl (C=O) groups excluding carboxylic acids is 1. The molecule has 7 heteroatoms. The lowest BCUT2D eigenvalue weighted by Gasteiger charge is -2.34. The van der Waals surface area contributed by atoms with E-state index in [4.69, 9.17) is 10.3 Å². The molecule has 2 heterocycles. The second-order valence-corrected chi connectivity index (χ2v) is 6.45. The third-order valence-electron chi connectivity index (χ3n) is 4.81. The Morgan fingerprint density at radius 2 is 2.09 bits per heavy atom. The van der Waals surface area contributed by atoms with Crippen molar-refractivity contribution in [3.63, 3.8) is 0 Å². The lowest BCUT2D eigenvalue weighted by Crippen LogP contribution is -2.49. The number of piperazine rings is 1. The molecule has 1 saturated carbocycles. The van der Waals surface area contributed by atoms with Crippen molar-refractivity contribution in [1.82, 2.24) is 19.9 Å². The molecule has 0 spiro atoms. The van der Waals surface area contributed by atoms with E-state index in [1.165, 1.54) is 0 Å². The van der Waals surface area contributed by atoms with Crippen LogP contribution in [-0.4, -0.2) is 58.1 Å². The fourth-order valence-corrected chi connectivity index (χ4v) is 3.43. The van der Waals surface area contributed by atoms with Gasteiger partial charge in [0.25, 0.3) is 0 Å². The quantitative estimate of drug-likeness (QED) is 0.873. The van der Waals surface area contributed by atoms with Crippen LogP contribution in [-0.2, 0) is 11.3 Å². The van der Waals surface area contributed by atoms with Crippen LogP contribution in [0.5, 0.6) is 0 Å². The van der Waals surface area contributed by atoms with Crippen molar-refractivity contribution >= 4 is 5.91 Å². The standard InChI is InChI=1S/C15H25N5O2/c1-11-17-14(18-22-11)10-19-5-7-20(8-6-19)15(21)9-12-3-2-4-13(12)16/h12-13H,2-10,16H2,1H3/t12-,13+/m0/s1. The predicted molar refractivity (Wildman–Crippen MR) is 80.8 cm³/mol. The van der Waals surface area contributed by atoms with Gasteiger partial charge in [0.05, 0.1) is 6.54 Å². The molecule has 0 bridgehead atoms. The molecule has 3 rings (SSSR count). The zero-order chi connectivity index (χ0) is 15.5. The Labute approximate surface area is 130 Å². The molecule has 0 unspecified atom stereocenters. The predicted octanol–water partition coefficient (Wildman–Crippen LogP) is 0.540. The van der Waals surface area contributed by atoms with Crippen molar-refractivity contribution in [3.8, 4) is 0 Å². The summed E-state index contributed by atoms with van der Waals surface area (Å²) < 4.78 is 4.99. The number of aromatic nitrogens is 2. The van der Waals surface area contributed by atoms with E-state index < -0.39 is 0 Å². The molecule has 2 atom stereocenters. The molecule has 1 aromatic rings. The van der Waals surface area contributed by atoms with Crippen molar-refractivity contribution in [2.45, 2.75) is 45.2 Å². The fraction of sp³-hybridized carbons (Fsp3) is 0.800. The molecule has 7 nitrogen and oxygen atoms in total. The first-order valence-corrected chi connectivity index (χ1v) is 8.16. The summed E-state index contributed by atoms with van der Waals surface area (Å²) in [6, 6.07) is 0.215. The summed E-state index contributed by atoms with van der Waals surface area (Å²) in [6.45, 7) is 5.75. The van der Waals surface area contributed by atoms with Crippen LogP contribution in [0.3, 0.4) is 0 Å². The maximum Gasteiger partial charge on any atom is 0.223 e. The number of aryl methyl sites for hydroxylation is 1. The Balaban J connectivity index is 1.44. The molecule has 22 heavy (non-hydrogen) atoms. The van der Waals surface area contributed by atoms with Gasteiger partial charge in [0, 0.05) is 45.6 Å². The van der Waals surface area contributed by atoms with E-state index in [9.17, 15) is 4.79 Å². The van der Waals surface area contributed by atoms with Gasteiger partial charge in [-0.3, -0.25) is 9.69 Å². The van der Waals surface area contributed by atoms with Gasteiger partial charge in [-0.25, -0.2) is 0 Å². The van der Waals surface area contributed by atoms with Gasteiger partial charge >= 0.3 is 0 Å². The number of hydrogen-bond donors (Lipinski definition) is 1. The SMILES string of the molecule is Cc1nc(CN2CCN(C(=O)C[C@@H]3CCC[C@H]3N)CC2)no1. The van der Waals surface area contributed by atoms with Crippen LogP contribution < -0.4 is 5.73 Å². The molecule has 1 aliphatic heterocycles. The minimum atomic E-state index is 0.215. The zero-order valence-corrected chi connectivity index (χ0v) is 13.2. The molecular weight excluding hydrogens is 282 g/mol. The maximum atomic E-state index is 12.4. The van der Waals surface area contributed by atoms with Crippen LogP contribution in [0.25, 0.3) is 0 Å². The third-order valence-corrected chi connectivity index (χ3v) is 4.81. The van der Waals surface area contributed by atoms with Crippen LogP contribution in [0.15, 0.2) is 4.52 Å². The summed E-state index contributed by atoms with van der Waals surface area (Å²) in [7, 11) is 0. The molecule has 1 amide bonds. The number of hydrogen-bond acceptors (Lipinski definition) is 6. The summed E-state index contributed by atoms with van der Waals surface area (Å²) in [4.78, 5) is 20.8. The highest BCUT2D eigenvalue weighted by Crippen LogP contribution is 2.27. The van der Waals surface area contributed by atoms with Crippen LogP contribution in [0.2, 0.25) is 0 Å². The zero-order valence-electron chi connectivity index (χ0n) is 13.2. The largest absolute Gasteiger partial charge is 0.340 e. The number of amides is 1. The molecule has 122 valence electrons. The van der Waals surface area contributed by atoms with E-state index >= 15 is 0 Å². The van der Waals surface area contributed by atoms with Crippen LogP contribution >= 0.6 is 0 Å². The molecular formula is C15H25N5O2. The fourth-order valence-electron chi connectivity index (χ4n) is 3.43. The van der Waals surface area contributed by atoms with Crippen LogP contribution in [0.4, 0.5) is 0 Å². The Morgan fingerprint density at radius 1 is 1.32 bits per heavy atom. The van der Waals surface area contributed by atoms with Gasteiger partial charge in [0.2, 0.25) is 11.8 Å². The van der Waals surface area contributed by atoms with Gasteiger partial charge in [-0.2, -0.15) is 4.98 Å². The van der Waals surface area contributed by atoms with Crippen molar-refractivity contribution in [1.29, 1.82) is 0 Å². The third kappa shape index (κ3) is 3.64. The van der Waals surface area contributed by atoms with Crippen molar-refractivity contribution in [2.24, 2.45) is 11.7 Å². The van der Waals surface area contributed by atoms with E-state index in [0.29, 0.717) is 30.6 Å². The van der Waals surface area contributed by atoms with Gasteiger partial charge in [-0.15, -0.1) is 0 Å². The Hall–Kier alpha value is -1.47. The second kappa shape index (κ2) is 6.75. The minimum Gasteiger partial charge on any atom is -0.340 e. The van der Waals surface area contributed by atoms with Crippen LogP contribution in [0, 0.1) is 12.8 Å². The summed E-state index contributed by atoms with van der Waals surface area (Å²) in [6.07, 6.45) is 3.95. The highest BCUT2D eigenvalue weighted by atomic mass is 16.5. The first-order valence-electron chi connectivity index (χ1n) is 8.16. The lowest BCUT2D eigenvalue weighted by atomic mass is 9.99. The Morgan fingerprint density at radius 3 is 2.68 bits per heavy atom. The average molecular weight is 307 g/mol. The first kappa shape index (κ1) is 15.4. The second-order valence-electron chi connectivity index (χ2n) is 6.45. The number of nitrogens with zero attached hydrogens (tertiary/aromatic N) is 4. The smallest absolute Gasteiger partial charge is 0.223 e. The highest BCUT2D eigenvalue weighted by molar-refractivity contribution is 5.76. The van der Waals surface area contributed by atoms with Gasteiger partial charge in [0.15, 0.2) is 5.82 Å². The highest BCUT2D eigenvalue weighted by Gasteiger charge is 2.29. The van der Waals surface area contributed by atoms with Crippen molar-refractivity contribution in [3.05, 3.63) is 11.7 Å². The van der Waals surface area contributed by atoms with E-state index in [1.807, 2.05) is 4.90 Å². The summed E-state index contributed by atoms with van der Waals surface area (Å²) in [5.74, 6) is 1.95. The number of carbonyl (C=O) groups is 1. The van der Waals surface area contributed by atoms with E-state index in [-0.39, 0.29) is 11.9 Å². The van der Waals surface area contributed by atoms with Crippen molar-refractivity contribution < 1.29 is 9.32 Å². The normalized spacial score (nSPS) is 26.5. The molecule has 2 fully saturated rings. The van der Waals surface area contributed by atoms with Gasteiger partial charge < -0.3 is 15.2 Å². The summed E-state index contributed by atoms with van der Waals surface area (Å²) in [5.41, 5.74) is 6.07. The first-order chi connectivity index (χ1) is 10.6. The molecule has 1 aromatic heterocycles. The average Bonchev–Trinajstić information content (AvgIpc) is 3.09.